The van der Waals surface area contributed by atoms with E-state index < -0.39 is 20.6 Å². The first-order chi connectivity index (χ1) is 21.9. The molecule has 46 heavy (non-hydrogen) atoms. The van der Waals surface area contributed by atoms with Crippen molar-refractivity contribution in [2.75, 3.05) is 26.4 Å². The maximum absolute atomic E-state index is 13.3. The molecule has 0 saturated carbocycles. The second-order valence-corrected chi connectivity index (χ2v) is 14.2. The van der Waals surface area contributed by atoms with Crippen LogP contribution in [0.1, 0.15) is 33.6 Å². The van der Waals surface area contributed by atoms with Gasteiger partial charge in [0.25, 0.3) is 16.0 Å². The Hall–Kier alpha value is -2.56. The van der Waals surface area contributed by atoms with Gasteiger partial charge in [-0.3, -0.25) is 14.7 Å². The smallest absolute Gasteiger partial charge is 0.295 e. The summed E-state index contributed by atoms with van der Waals surface area (Å²) in [6.07, 6.45) is 1.64. The van der Waals surface area contributed by atoms with Crippen molar-refractivity contribution < 1.29 is 61.5 Å². The molecular weight excluding hydrogens is 669 g/mol. The normalized spacial score (nSPS) is 16.2. The second kappa shape index (κ2) is 14.7. The molecule has 18 heteroatoms. The predicted octanol–water partition coefficient (Wildman–Crippen LogP) is 5.35. The molecule has 1 amide bonds. The van der Waals surface area contributed by atoms with Gasteiger partial charge in [-0.25, -0.2) is 20.3 Å². The summed E-state index contributed by atoms with van der Waals surface area (Å²) < 4.78 is 50.3. The molecule has 4 N–H and O–H groups in total. The minimum atomic E-state index is -4.72. The molecule has 4 aromatic rings. The highest BCUT2D eigenvalue weighted by Gasteiger charge is 2.26. The summed E-state index contributed by atoms with van der Waals surface area (Å²) in [5.74, 6) is 0.0156. The van der Waals surface area contributed by atoms with Crippen molar-refractivity contribution in [1.82, 2.24) is 10.2 Å². The summed E-state index contributed by atoms with van der Waals surface area (Å²) in [4.78, 5) is 25.7. The van der Waals surface area contributed by atoms with Gasteiger partial charge in [-0.15, -0.1) is 8.67 Å². The number of amides is 1. The van der Waals surface area contributed by atoms with Gasteiger partial charge in [-0.1, -0.05) is 28.3 Å². The molecule has 0 radical (unpaired) electrons. The molecule has 1 saturated heterocycles. The lowest BCUT2D eigenvalue weighted by molar-refractivity contribution is -0.432. The quantitative estimate of drug-likeness (QED) is 0.0250. The molecule has 250 valence electrons. The van der Waals surface area contributed by atoms with Gasteiger partial charge in [0.2, 0.25) is 0 Å². The Kier molecular flexibility index (Phi) is 11.1. The van der Waals surface area contributed by atoms with Crippen LogP contribution in [0.4, 0.5) is 0 Å². The maximum atomic E-state index is 13.3. The van der Waals surface area contributed by atoms with E-state index in [0.717, 1.165) is 12.8 Å². The number of ether oxygens (including phenoxy) is 1. The fourth-order valence-corrected chi connectivity index (χ4v) is 7.24. The second-order valence-electron chi connectivity index (χ2n) is 11.4. The van der Waals surface area contributed by atoms with Gasteiger partial charge in [0.05, 0.1) is 34.6 Å². The van der Waals surface area contributed by atoms with Crippen LogP contribution < -0.4 is 10.1 Å². The topological polar surface area (TPSA) is 192 Å². The number of benzene rings is 4. The molecule has 0 bridgehead atoms. The number of piperidine rings is 1. The van der Waals surface area contributed by atoms with Gasteiger partial charge in [0.1, 0.15) is 17.4 Å². The van der Waals surface area contributed by atoms with Crippen molar-refractivity contribution in [2.24, 2.45) is 0 Å². The summed E-state index contributed by atoms with van der Waals surface area (Å²) in [6, 6.07) is 9.34. The average Bonchev–Trinajstić information content (AvgIpc) is 3.02. The molecule has 1 aliphatic rings. The molecule has 4 aromatic carbocycles. The molecular formula is C28H32N2O13S3. The zero-order valence-corrected chi connectivity index (χ0v) is 27.3. The van der Waals surface area contributed by atoms with E-state index in [0.29, 0.717) is 69.0 Å². The number of carbonyl (C=O) groups excluding carboxylic acids is 1. The average molecular weight is 701 g/mol. The highest BCUT2D eigenvalue weighted by Crippen LogP contribution is 2.47. The Morgan fingerprint density at radius 2 is 1.59 bits per heavy atom. The molecule has 5 rings (SSSR count). The van der Waals surface area contributed by atoms with Crippen LogP contribution in [-0.2, 0) is 43.4 Å². The molecule has 0 aliphatic carbocycles. The number of rotatable bonds is 14. The fourth-order valence-electron chi connectivity index (χ4n) is 5.40. The minimum Gasteiger partial charge on any atom is -0.483 e. The van der Waals surface area contributed by atoms with Gasteiger partial charge in [0, 0.05) is 45.6 Å². The number of nitrogens with zero attached hydrogens (tertiary/aromatic N) is 1. The van der Waals surface area contributed by atoms with Crippen LogP contribution in [-0.4, -0.2) is 72.4 Å². The Labute approximate surface area is 272 Å². The lowest BCUT2D eigenvalue weighted by Gasteiger charge is -2.33. The first kappa shape index (κ1) is 34.8. The van der Waals surface area contributed by atoms with E-state index in [1.807, 2.05) is 20.8 Å². The molecule has 15 nitrogen and oxygen atoms in total. The van der Waals surface area contributed by atoms with E-state index in [1.54, 1.807) is 29.2 Å². The molecule has 1 unspecified atom stereocenters. The molecule has 0 aromatic heterocycles. The number of carbonyl (C=O) groups is 1. The summed E-state index contributed by atoms with van der Waals surface area (Å²) in [7, 11) is -4.72. The van der Waals surface area contributed by atoms with Gasteiger partial charge in [-0.2, -0.15) is 8.42 Å². The van der Waals surface area contributed by atoms with Gasteiger partial charge < -0.3 is 9.64 Å². The van der Waals surface area contributed by atoms with Crippen LogP contribution >= 0.6 is 24.1 Å². The van der Waals surface area contributed by atoms with Crippen LogP contribution in [0.25, 0.3) is 32.3 Å². The lowest BCUT2D eigenvalue weighted by atomic mass is 9.93. The highest BCUT2D eigenvalue weighted by molar-refractivity contribution is 7.95. The third-order valence-corrected chi connectivity index (χ3v) is 9.38. The van der Waals surface area contributed by atoms with Crippen molar-refractivity contribution in [3.63, 3.8) is 0 Å². The third kappa shape index (κ3) is 7.93. The van der Waals surface area contributed by atoms with Crippen LogP contribution in [0.3, 0.4) is 0 Å². The monoisotopic (exact) mass is 700 g/mol. The van der Waals surface area contributed by atoms with E-state index in [4.69, 9.17) is 29.4 Å². The molecule has 1 atom stereocenters. The Balaban J connectivity index is 1.47. The van der Waals surface area contributed by atoms with E-state index in [-0.39, 0.29) is 41.3 Å². The van der Waals surface area contributed by atoms with Crippen LogP contribution in [0.5, 0.6) is 5.75 Å². The van der Waals surface area contributed by atoms with Crippen molar-refractivity contribution >= 4 is 72.4 Å². The van der Waals surface area contributed by atoms with E-state index in [1.165, 1.54) is 12.1 Å². The zero-order chi connectivity index (χ0) is 33.1. The third-order valence-electron chi connectivity index (χ3n) is 7.20. The van der Waals surface area contributed by atoms with Crippen molar-refractivity contribution in [1.29, 1.82) is 0 Å². The number of hydrogen-bond donors (Lipinski definition) is 4. The number of hydrogen-bond acceptors (Lipinski definition) is 15. The Morgan fingerprint density at radius 1 is 0.978 bits per heavy atom. The molecule has 1 heterocycles. The van der Waals surface area contributed by atoms with Gasteiger partial charge >= 0.3 is 0 Å². The van der Waals surface area contributed by atoms with Crippen LogP contribution in [0.2, 0.25) is 0 Å². The van der Waals surface area contributed by atoms with Crippen molar-refractivity contribution in [3.8, 4) is 5.75 Å². The summed E-state index contributed by atoms with van der Waals surface area (Å²) in [5.41, 5.74) is -0.447. The Morgan fingerprint density at radius 3 is 2.22 bits per heavy atom. The lowest BCUT2D eigenvalue weighted by Crippen LogP contribution is -2.49. The standard InChI is InChI=1S/C28H32N2O13S3/c1-28(2,3)39-38-15-29-16-5-4-10-30(13-16)25(31)14-37-21-11-22(44-42-40-32)18-7-8-19-23(45-43-41-33)12-24(46(34,35)36)20-9-6-17(21)26(18)27(19)20/h6-9,11-12,16,29,32-33H,4-5,10,13-15H2,1-3H3,(H,34,35,36). The number of nitrogens with one attached hydrogen (secondary N) is 1. The SMILES string of the molecule is CC(C)(C)OOCNC1CCCN(C(=O)COc2cc(SOOO)c3ccc4c(SOOO)cc(S(=O)(=O)O)c5ccc2c3c45)C1. The van der Waals surface area contributed by atoms with Crippen molar-refractivity contribution in [3.05, 3.63) is 36.4 Å². The summed E-state index contributed by atoms with van der Waals surface area (Å²) in [5, 5.41) is 31.0. The first-order valence-corrected chi connectivity index (χ1v) is 16.8. The van der Waals surface area contributed by atoms with Gasteiger partial charge in [0.15, 0.2) is 6.61 Å². The molecule has 1 aliphatic heterocycles. The van der Waals surface area contributed by atoms with Gasteiger partial charge in [-0.05, 0) is 62.6 Å². The van der Waals surface area contributed by atoms with E-state index in [2.05, 4.69) is 19.7 Å². The predicted molar refractivity (Wildman–Crippen MR) is 166 cm³/mol. The minimum absolute atomic E-state index is 0.00118. The van der Waals surface area contributed by atoms with E-state index >= 15 is 0 Å². The summed E-state index contributed by atoms with van der Waals surface area (Å²) in [6.45, 7) is 6.49. The maximum Gasteiger partial charge on any atom is 0.295 e. The molecule has 1 fully saturated rings. The highest BCUT2D eigenvalue weighted by atomic mass is 32.2. The molecule has 0 spiro atoms. The van der Waals surface area contributed by atoms with E-state index in [9.17, 15) is 17.8 Å². The van der Waals surface area contributed by atoms with Crippen LogP contribution in [0, 0.1) is 0 Å². The largest absolute Gasteiger partial charge is 0.483 e. The fraction of sp³-hybridized carbons (Fsp3) is 0.393. The zero-order valence-electron chi connectivity index (χ0n) is 24.9. The Bertz CT molecular complexity index is 1800. The first-order valence-electron chi connectivity index (χ1n) is 13.9. The number of likely N-dealkylation sites (tertiary alicyclic amines) is 1. The van der Waals surface area contributed by atoms with Crippen molar-refractivity contribution in [2.45, 2.75) is 59.9 Å². The summed E-state index contributed by atoms with van der Waals surface area (Å²) >= 11 is 1.19. The van der Waals surface area contributed by atoms with Crippen LogP contribution in [0.15, 0.2) is 51.1 Å².